The Balaban J connectivity index is 3.12. The van der Waals surface area contributed by atoms with Crippen molar-refractivity contribution in [2.45, 2.75) is 12.8 Å². The number of terminal acetylenes is 2. The van der Waals surface area contributed by atoms with E-state index in [-0.39, 0.29) is 5.75 Å². The molecule has 1 heteroatoms. The van der Waals surface area contributed by atoms with Crippen LogP contribution in [0, 0.1) is 24.7 Å². The van der Waals surface area contributed by atoms with E-state index < -0.39 is 0 Å². The summed E-state index contributed by atoms with van der Waals surface area (Å²) in [6.45, 7) is 0. The molecular formula is C12H10O. The van der Waals surface area contributed by atoms with Crippen LogP contribution in [0.2, 0.25) is 0 Å². The molecule has 0 spiro atoms. The molecule has 0 aliphatic rings. The Morgan fingerprint density at radius 2 is 1.85 bits per heavy atom. The maximum atomic E-state index is 9.48. The highest BCUT2D eigenvalue weighted by Crippen LogP contribution is 2.21. The predicted octanol–water partition coefficient (Wildman–Crippen LogP) is 1.74. The lowest BCUT2D eigenvalue weighted by Gasteiger charge is -2.05. The maximum Gasteiger partial charge on any atom is 0.120 e. The number of hydrogen-bond acceptors (Lipinski definition) is 1. The quantitative estimate of drug-likeness (QED) is 0.670. The second-order valence-corrected chi connectivity index (χ2v) is 2.68. The second kappa shape index (κ2) is 4.24. The van der Waals surface area contributed by atoms with E-state index in [0.29, 0.717) is 12.8 Å². The topological polar surface area (TPSA) is 20.2 Å². The summed E-state index contributed by atoms with van der Waals surface area (Å²) in [6.07, 6.45) is 11.3. The third-order valence-electron chi connectivity index (χ3n) is 1.82. The molecule has 0 amide bonds. The number of benzene rings is 1. The lowest BCUT2D eigenvalue weighted by molar-refractivity contribution is 0.469. The van der Waals surface area contributed by atoms with Crippen LogP contribution in [0.1, 0.15) is 11.1 Å². The first kappa shape index (κ1) is 9.23. The molecule has 0 heterocycles. The summed E-state index contributed by atoms with van der Waals surface area (Å²) < 4.78 is 0. The van der Waals surface area contributed by atoms with Crippen LogP contribution in [-0.2, 0) is 12.8 Å². The van der Waals surface area contributed by atoms with Gasteiger partial charge in [-0.15, -0.1) is 24.7 Å². The predicted molar refractivity (Wildman–Crippen MR) is 53.2 cm³/mol. The average molecular weight is 170 g/mol. The first-order valence-corrected chi connectivity index (χ1v) is 3.96. The number of phenolic OH excluding ortho intramolecular Hbond substituents is 1. The first-order valence-electron chi connectivity index (χ1n) is 3.96. The second-order valence-electron chi connectivity index (χ2n) is 2.68. The molecule has 0 aromatic heterocycles. The maximum absolute atomic E-state index is 9.48. The van der Waals surface area contributed by atoms with Crippen molar-refractivity contribution in [3.8, 4) is 30.4 Å². The Morgan fingerprint density at radius 1 is 1.15 bits per heavy atom. The van der Waals surface area contributed by atoms with E-state index in [1.165, 1.54) is 0 Å². The highest BCUT2D eigenvalue weighted by atomic mass is 16.3. The van der Waals surface area contributed by atoms with Crippen molar-refractivity contribution in [1.82, 2.24) is 0 Å². The van der Waals surface area contributed by atoms with E-state index in [9.17, 15) is 5.11 Å². The van der Waals surface area contributed by atoms with Crippen LogP contribution >= 0.6 is 0 Å². The fourth-order valence-electron chi connectivity index (χ4n) is 1.20. The Morgan fingerprint density at radius 3 is 2.46 bits per heavy atom. The van der Waals surface area contributed by atoms with Gasteiger partial charge in [0.05, 0.1) is 0 Å². The van der Waals surface area contributed by atoms with Crippen molar-refractivity contribution < 1.29 is 5.11 Å². The molecule has 0 saturated carbocycles. The van der Waals surface area contributed by atoms with Crippen molar-refractivity contribution in [2.75, 3.05) is 0 Å². The molecule has 13 heavy (non-hydrogen) atoms. The standard InChI is InChI=1S/C12H10O/c1-3-6-10-8-5-9-12(13)11(10)7-4-2/h1-2,5,8-9,13H,6-7H2. The van der Waals surface area contributed by atoms with E-state index >= 15 is 0 Å². The molecule has 1 N–H and O–H groups in total. The molecule has 0 saturated heterocycles. The van der Waals surface area contributed by atoms with Gasteiger partial charge in [-0.1, -0.05) is 12.1 Å². The van der Waals surface area contributed by atoms with Crippen molar-refractivity contribution in [3.63, 3.8) is 0 Å². The van der Waals surface area contributed by atoms with Crippen LogP contribution in [0.3, 0.4) is 0 Å². The van der Waals surface area contributed by atoms with Crippen LogP contribution in [0.15, 0.2) is 18.2 Å². The average Bonchev–Trinajstić information content (AvgIpc) is 2.11. The van der Waals surface area contributed by atoms with Gasteiger partial charge in [-0.05, 0) is 11.6 Å². The Bertz CT molecular complexity index is 377. The van der Waals surface area contributed by atoms with E-state index in [2.05, 4.69) is 11.8 Å². The van der Waals surface area contributed by atoms with Gasteiger partial charge in [-0.25, -0.2) is 0 Å². The minimum absolute atomic E-state index is 0.228. The normalized spacial score (nSPS) is 8.77. The molecule has 0 fully saturated rings. The van der Waals surface area contributed by atoms with Crippen molar-refractivity contribution in [2.24, 2.45) is 0 Å². The lowest BCUT2D eigenvalue weighted by atomic mass is 10.0. The summed E-state index contributed by atoms with van der Waals surface area (Å²) >= 11 is 0. The van der Waals surface area contributed by atoms with E-state index in [1.54, 1.807) is 12.1 Å². The van der Waals surface area contributed by atoms with Gasteiger partial charge in [0.1, 0.15) is 5.75 Å². The van der Waals surface area contributed by atoms with Gasteiger partial charge in [0.2, 0.25) is 0 Å². The molecule has 0 aliphatic heterocycles. The van der Waals surface area contributed by atoms with Gasteiger partial charge < -0.3 is 5.11 Å². The van der Waals surface area contributed by atoms with Gasteiger partial charge in [-0.2, -0.15) is 0 Å². The fraction of sp³-hybridized carbons (Fsp3) is 0.167. The lowest BCUT2D eigenvalue weighted by Crippen LogP contribution is -1.92. The first-order chi connectivity index (χ1) is 6.29. The molecule has 1 aromatic rings. The molecule has 1 nitrogen and oxygen atoms in total. The fourth-order valence-corrected chi connectivity index (χ4v) is 1.20. The monoisotopic (exact) mass is 170 g/mol. The molecular weight excluding hydrogens is 160 g/mol. The summed E-state index contributed by atoms with van der Waals surface area (Å²) in [6, 6.07) is 5.26. The number of rotatable bonds is 2. The van der Waals surface area contributed by atoms with Gasteiger partial charge in [0.25, 0.3) is 0 Å². The minimum Gasteiger partial charge on any atom is -0.508 e. The van der Waals surface area contributed by atoms with Crippen LogP contribution in [-0.4, -0.2) is 5.11 Å². The minimum atomic E-state index is 0.228. The zero-order chi connectivity index (χ0) is 9.68. The third-order valence-corrected chi connectivity index (χ3v) is 1.82. The SMILES string of the molecule is C#CCc1cccc(O)c1CC#C. The third kappa shape index (κ3) is 2.04. The van der Waals surface area contributed by atoms with E-state index in [1.807, 2.05) is 6.07 Å². The van der Waals surface area contributed by atoms with E-state index in [0.717, 1.165) is 11.1 Å². The Kier molecular flexibility index (Phi) is 3.01. The highest BCUT2D eigenvalue weighted by Gasteiger charge is 2.04. The van der Waals surface area contributed by atoms with Gasteiger partial charge in [0, 0.05) is 18.4 Å². The van der Waals surface area contributed by atoms with Gasteiger partial charge >= 0.3 is 0 Å². The Hall–Kier alpha value is -1.86. The number of phenols is 1. The van der Waals surface area contributed by atoms with Crippen LogP contribution < -0.4 is 0 Å². The largest absolute Gasteiger partial charge is 0.508 e. The van der Waals surface area contributed by atoms with Crippen LogP contribution in [0.5, 0.6) is 5.75 Å². The zero-order valence-electron chi connectivity index (χ0n) is 7.25. The highest BCUT2D eigenvalue weighted by molar-refractivity contribution is 5.42. The zero-order valence-corrected chi connectivity index (χ0v) is 7.25. The molecule has 0 aliphatic carbocycles. The summed E-state index contributed by atoms with van der Waals surface area (Å²) in [5, 5.41) is 9.48. The van der Waals surface area contributed by atoms with Crippen LogP contribution in [0.25, 0.3) is 0 Å². The van der Waals surface area contributed by atoms with Crippen molar-refractivity contribution >= 4 is 0 Å². The Labute approximate surface area is 78.4 Å². The van der Waals surface area contributed by atoms with Gasteiger partial charge in [0.15, 0.2) is 0 Å². The number of aromatic hydroxyl groups is 1. The summed E-state index contributed by atoms with van der Waals surface area (Å²) in [4.78, 5) is 0. The van der Waals surface area contributed by atoms with Crippen molar-refractivity contribution in [3.05, 3.63) is 29.3 Å². The molecule has 0 unspecified atom stereocenters. The molecule has 64 valence electrons. The molecule has 0 radical (unpaired) electrons. The number of hydrogen-bond donors (Lipinski definition) is 1. The summed E-state index contributed by atoms with van der Waals surface area (Å²) in [5.41, 5.74) is 1.70. The van der Waals surface area contributed by atoms with E-state index in [4.69, 9.17) is 12.8 Å². The molecule has 1 rings (SSSR count). The molecule has 1 aromatic carbocycles. The summed E-state index contributed by atoms with van der Waals surface area (Å²) in [7, 11) is 0. The molecule has 0 atom stereocenters. The summed E-state index contributed by atoms with van der Waals surface area (Å²) in [5.74, 6) is 5.25. The molecule has 0 bridgehead atoms. The van der Waals surface area contributed by atoms with Gasteiger partial charge in [-0.3, -0.25) is 0 Å². The van der Waals surface area contributed by atoms with Crippen molar-refractivity contribution in [1.29, 1.82) is 0 Å². The smallest absolute Gasteiger partial charge is 0.120 e. The van der Waals surface area contributed by atoms with Crippen LogP contribution in [0.4, 0.5) is 0 Å².